The fraction of sp³-hybridized carbons (Fsp3) is 0. The molecule has 0 aliphatic heterocycles. The summed E-state index contributed by atoms with van der Waals surface area (Å²) in [5.41, 5.74) is -0.223. The van der Waals surface area contributed by atoms with E-state index in [0.29, 0.717) is 0 Å². The zero-order chi connectivity index (χ0) is 8.43. The van der Waals surface area contributed by atoms with Crippen LogP contribution in [0, 0.1) is 0 Å². The van der Waals surface area contributed by atoms with Crippen molar-refractivity contribution in [3.05, 3.63) is 28.0 Å². The molecule has 0 fully saturated rings. The number of halogens is 2. The van der Waals surface area contributed by atoms with Crippen LogP contribution in [0.4, 0.5) is 0 Å². The maximum Gasteiger partial charge on any atom is 0.356 e. The Hall–Kier alpha value is 0.200. The number of carbonyl (C=O) groups is 1. The van der Waals surface area contributed by atoms with Gasteiger partial charge < -0.3 is 5.11 Å². The van der Waals surface area contributed by atoms with Crippen LogP contribution < -0.4 is 0 Å². The van der Waals surface area contributed by atoms with E-state index in [-0.39, 0.29) is 45.4 Å². The molecular weight excluding hydrogens is 212 g/mol. The molecule has 0 spiro atoms. The molecule has 1 N–H and O–H groups in total. The number of nitrogens with zero attached hydrogens (tertiary/aromatic N) is 1. The van der Waals surface area contributed by atoms with Gasteiger partial charge in [-0.3, -0.25) is 0 Å². The molecule has 12 heavy (non-hydrogen) atoms. The van der Waals surface area contributed by atoms with Gasteiger partial charge in [0.2, 0.25) is 0 Å². The average Bonchev–Trinajstić information content (AvgIpc) is 1.94. The van der Waals surface area contributed by atoms with Gasteiger partial charge in [-0.25, -0.2) is 9.78 Å². The van der Waals surface area contributed by atoms with Crippen LogP contribution in [0.3, 0.4) is 0 Å². The summed E-state index contributed by atoms with van der Waals surface area (Å²) >= 11 is 10.9. The molecule has 0 aliphatic carbocycles. The summed E-state index contributed by atoms with van der Waals surface area (Å²) in [5.74, 6) is -1.18. The van der Waals surface area contributed by atoms with Crippen molar-refractivity contribution in [2.75, 3.05) is 0 Å². The molecule has 0 bridgehead atoms. The molecule has 1 heterocycles. The molecule has 6 heteroatoms. The molecule has 0 amide bonds. The first-order chi connectivity index (χ1) is 5.11. The van der Waals surface area contributed by atoms with Gasteiger partial charge in [-0.1, -0.05) is 23.2 Å². The number of carboxylic acid groups (broad SMARTS) is 1. The summed E-state index contributed by atoms with van der Waals surface area (Å²) in [4.78, 5) is 13.9. The Kier molecular flexibility index (Phi) is 5.13. The number of rotatable bonds is 1. The van der Waals surface area contributed by atoms with Gasteiger partial charge >= 0.3 is 5.97 Å². The van der Waals surface area contributed by atoms with E-state index < -0.39 is 5.97 Å². The van der Waals surface area contributed by atoms with Crippen LogP contribution in [0.5, 0.6) is 0 Å². The average molecular weight is 215 g/mol. The monoisotopic (exact) mass is 214 g/mol. The molecule has 3 nitrogen and oxygen atoms in total. The Balaban J connectivity index is 0.00000121. The Bertz CT molecular complexity index is 306. The summed E-state index contributed by atoms with van der Waals surface area (Å²) in [6.07, 6.45) is 0. The fourth-order valence-electron chi connectivity index (χ4n) is 0.568. The first kappa shape index (κ1) is 12.2. The number of aromatic carboxylic acids is 1. The third-order valence-electron chi connectivity index (χ3n) is 1.01. The minimum atomic E-state index is -1.18. The van der Waals surface area contributed by atoms with E-state index >= 15 is 0 Å². The summed E-state index contributed by atoms with van der Waals surface area (Å²) < 4.78 is 0. The minimum Gasteiger partial charge on any atom is -0.476 e. The quantitative estimate of drug-likeness (QED) is 0.572. The van der Waals surface area contributed by atoms with Crippen LogP contribution in [0.25, 0.3) is 0 Å². The van der Waals surface area contributed by atoms with Gasteiger partial charge in [0.1, 0.15) is 5.15 Å². The van der Waals surface area contributed by atoms with Crippen molar-refractivity contribution in [2.24, 2.45) is 0 Å². The minimum absolute atomic E-state index is 0. The number of hydrogen-bond donors (Lipinski definition) is 1. The SMILES string of the molecule is O=C(O)c1nc(Cl)ccc1Cl.[Na]. The third-order valence-corrected chi connectivity index (χ3v) is 1.53. The fourth-order valence-corrected chi connectivity index (χ4v) is 0.902. The van der Waals surface area contributed by atoms with Crippen molar-refractivity contribution in [3.63, 3.8) is 0 Å². The zero-order valence-electron chi connectivity index (χ0n) is 6.21. The molecule has 0 saturated heterocycles. The molecule has 0 atom stereocenters. The molecule has 1 aromatic heterocycles. The predicted molar refractivity (Wildman–Crippen MR) is 47.0 cm³/mol. The standard InChI is InChI=1S/C6H3Cl2NO2.Na/c7-3-1-2-4(8)9-5(3)6(10)11;/h1-2H,(H,10,11);. The van der Waals surface area contributed by atoms with Gasteiger partial charge in [0, 0.05) is 29.6 Å². The second kappa shape index (κ2) is 5.04. The predicted octanol–water partition coefficient (Wildman–Crippen LogP) is 1.71. The molecule has 59 valence electrons. The van der Waals surface area contributed by atoms with Crippen molar-refractivity contribution in [2.45, 2.75) is 0 Å². The van der Waals surface area contributed by atoms with Gasteiger partial charge in [-0.2, -0.15) is 0 Å². The first-order valence-electron chi connectivity index (χ1n) is 2.66. The van der Waals surface area contributed by atoms with Crippen molar-refractivity contribution >= 4 is 58.7 Å². The Morgan fingerprint density at radius 3 is 2.42 bits per heavy atom. The summed E-state index contributed by atoms with van der Waals surface area (Å²) in [6.45, 7) is 0. The molecule has 0 aliphatic rings. The van der Waals surface area contributed by atoms with Crippen molar-refractivity contribution in [3.8, 4) is 0 Å². The Morgan fingerprint density at radius 1 is 1.42 bits per heavy atom. The maximum absolute atomic E-state index is 10.4. The summed E-state index contributed by atoms with van der Waals surface area (Å²) in [6, 6.07) is 2.82. The number of pyridine rings is 1. The van der Waals surface area contributed by atoms with E-state index in [2.05, 4.69) is 4.98 Å². The Labute approximate surface area is 101 Å². The van der Waals surface area contributed by atoms with Crippen LogP contribution in [-0.4, -0.2) is 45.6 Å². The normalized spacial score (nSPS) is 8.83. The topological polar surface area (TPSA) is 50.2 Å². The van der Waals surface area contributed by atoms with E-state index in [0.717, 1.165) is 0 Å². The van der Waals surface area contributed by atoms with E-state index in [1.54, 1.807) is 0 Å². The Morgan fingerprint density at radius 2 is 2.00 bits per heavy atom. The van der Waals surface area contributed by atoms with E-state index in [1.165, 1.54) is 12.1 Å². The third kappa shape index (κ3) is 2.92. The second-order valence-electron chi connectivity index (χ2n) is 1.77. The van der Waals surface area contributed by atoms with Crippen molar-refractivity contribution in [1.29, 1.82) is 0 Å². The largest absolute Gasteiger partial charge is 0.476 e. The molecule has 1 rings (SSSR count). The van der Waals surface area contributed by atoms with E-state index in [4.69, 9.17) is 28.3 Å². The van der Waals surface area contributed by atoms with Crippen molar-refractivity contribution in [1.82, 2.24) is 4.98 Å². The molecule has 0 unspecified atom stereocenters. The van der Waals surface area contributed by atoms with Crippen molar-refractivity contribution < 1.29 is 9.90 Å². The molecule has 1 aromatic rings. The zero-order valence-corrected chi connectivity index (χ0v) is 9.73. The van der Waals surface area contributed by atoms with Gasteiger partial charge in [0.25, 0.3) is 0 Å². The number of aromatic nitrogens is 1. The number of carboxylic acids is 1. The number of hydrogen-bond acceptors (Lipinski definition) is 2. The summed E-state index contributed by atoms with van der Waals surface area (Å²) in [7, 11) is 0. The smallest absolute Gasteiger partial charge is 0.356 e. The van der Waals surface area contributed by atoms with E-state index in [9.17, 15) is 4.79 Å². The van der Waals surface area contributed by atoms with Crippen LogP contribution in [0.2, 0.25) is 10.2 Å². The summed E-state index contributed by atoms with van der Waals surface area (Å²) in [5, 5.41) is 8.69. The van der Waals surface area contributed by atoms with Crippen LogP contribution in [0.15, 0.2) is 12.1 Å². The van der Waals surface area contributed by atoms with Gasteiger partial charge in [-0.15, -0.1) is 0 Å². The van der Waals surface area contributed by atoms with Gasteiger partial charge in [0.05, 0.1) is 5.02 Å². The second-order valence-corrected chi connectivity index (χ2v) is 2.56. The first-order valence-corrected chi connectivity index (χ1v) is 3.42. The van der Waals surface area contributed by atoms with Crippen LogP contribution in [0.1, 0.15) is 10.5 Å². The molecule has 0 aromatic carbocycles. The van der Waals surface area contributed by atoms with Gasteiger partial charge in [-0.05, 0) is 12.1 Å². The molecule has 1 radical (unpaired) electrons. The van der Waals surface area contributed by atoms with Gasteiger partial charge in [0.15, 0.2) is 5.69 Å². The van der Waals surface area contributed by atoms with Crippen LogP contribution >= 0.6 is 23.2 Å². The van der Waals surface area contributed by atoms with Crippen LogP contribution in [-0.2, 0) is 0 Å². The van der Waals surface area contributed by atoms with E-state index in [1.807, 2.05) is 0 Å². The maximum atomic E-state index is 10.4. The molecule has 0 saturated carbocycles. The molecular formula is C6H3Cl2NNaO2.